The Morgan fingerprint density at radius 3 is 0.760 bits per heavy atom. The maximum Gasteiger partial charge on any atom is 0.306 e. The molecule has 0 aromatic carbocycles. The molecular formula is C69H108O6. The number of carbonyl (C=O) groups excluding carboxylic acids is 3. The largest absolute Gasteiger partial charge is 0.462 e. The van der Waals surface area contributed by atoms with Gasteiger partial charge in [-0.2, -0.15) is 0 Å². The van der Waals surface area contributed by atoms with Crippen LogP contribution >= 0.6 is 0 Å². The number of allylic oxidation sites excluding steroid dienone is 26. The Hall–Kier alpha value is -4.97. The predicted octanol–water partition coefficient (Wildman–Crippen LogP) is 20.5. The molecule has 0 saturated carbocycles. The molecule has 0 amide bonds. The van der Waals surface area contributed by atoms with Crippen molar-refractivity contribution in [3.05, 3.63) is 158 Å². The average molecular weight is 1030 g/mol. The van der Waals surface area contributed by atoms with Gasteiger partial charge < -0.3 is 14.2 Å². The number of ether oxygens (including phenoxy) is 3. The molecule has 420 valence electrons. The van der Waals surface area contributed by atoms with Gasteiger partial charge in [-0.15, -0.1) is 0 Å². The summed E-state index contributed by atoms with van der Waals surface area (Å²) in [5.41, 5.74) is 0. The van der Waals surface area contributed by atoms with E-state index < -0.39 is 6.10 Å². The highest BCUT2D eigenvalue weighted by Gasteiger charge is 2.19. The summed E-state index contributed by atoms with van der Waals surface area (Å²) in [7, 11) is 0. The van der Waals surface area contributed by atoms with Gasteiger partial charge in [-0.1, -0.05) is 237 Å². The maximum absolute atomic E-state index is 12.9. The molecule has 0 N–H and O–H groups in total. The lowest BCUT2D eigenvalue weighted by molar-refractivity contribution is -0.167. The van der Waals surface area contributed by atoms with E-state index in [0.717, 1.165) is 173 Å². The van der Waals surface area contributed by atoms with Crippen LogP contribution < -0.4 is 0 Å². The molecule has 1 unspecified atom stereocenters. The Labute approximate surface area is 460 Å². The highest BCUT2D eigenvalue weighted by molar-refractivity contribution is 5.71. The van der Waals surface area contributed by atoms with Crippen molar-refractivity contribution in [2.24, 2.45) is 0 Å². The fourth-order valence-corrected chi connectivity index (χ4v) is 7.63. The first-order valence-electron chi connectivity index (χ1n) is 30.0. The van der Waals surface area contributed by atoms with Gasteiger partial charge >= 0.3 is 17.9 Å². The van der Waals surface area contributed by atoms with Crippen LogP contribution in [0.3, 0.4) is 0 Å². The summed E-state index contributed by atoms with van der Waals surface area (Å²) in [6.07, 6.45) is 89.4. The molecule has 0 bridgehead atoms. The van der Waals surface area contributed by atoms with Crippen molar-refractivity contribution in [1.29, 1.82) is 0 Å². The molecule has 0 aliphatic carbocycles. The van der Waals surface area contributed by atoms with Gasteiger partial charge in [0.05, 0.1) is 0 Å². The summed E-state index contributed by atoms with van der Waals surface area (Å²) >= 11 is 0. The molecule has 0 aromatic heterocycles. The van der Waals surface area contributed by atoms with E-state index in [0.29, 0.717) is 19.3 Å². The lowest BCUT2D eigenvalue weighted by atomic mass is 10.1. The monoisotopic (exact) mass is 1030 g/mol. The number of esters is 3. The minimum Gasteiger partial charge on any atom is -0.462 e. The standard InChI is InChI=1S/C69H108O6/c1-4-7-10-13-16-19-22-25-28-31-34-37-40-43-46-49-52-55-58-61-67(70)73-64-66(75-69(72)63-60-57-54-51-48-45-42-39-36-33-30-27-24-21-18-15-12-9-6-3)65-74-68(71)62-59-56-53-50-47-44-41-38-35-32-29-26-23-20-17-14-11-8-5-2/h7-12,16-21,25-30,34-39,43,46,66H,4-6,13-15,22-24,31-33,40-42,44-45,47-65H2,1-3H3/b10-7-,11-8-,12-9-,19-16-,20-17-,21-18-,28-25-,29-26-,30-27-,37-34-,38-35-,39-36-,46-43-. The van der Waals surface area contributed by atoms with Gasteiger partial charge in [-0.25, -0.2) is 0 Å². The summed E-state index contributed by atoms with van der Waals surface area (Å²) < 4.78 is 16.9. The van der Waals surface area contributed by atoms with Crippen LogP contribution in [-0.4, -0.2) is 37.2 Å². The summed E-state index contributed by atoms with van der Waals surface area (Å²) in [5, 5.41) is 0. The highest BCUT2D eigenvalue weighted by atomic mass is 16.6. The molecule has 6 nitrogen and oxygen atoms in total. The first kappa shape index (κ1) is 70.0. The summed E-state index contributed by atoms with van der Waals surface area (Å²) in [6, 6.07) is 0. The van der Waals surface area contributed by atoms with E-state index in [1.165, 1.54) is 25.7 Å². The molecule has 0 saturated heterocycles. The zero-order chi connectivity index (χ0) is 54.3. The van der Waals surface area contributed by atoms with E-state index in [1.54, 1.807) is 0 Å². The van der Waals surface area contributed by atoms with Crippen LogP contribution in [-0.2, 0) is 28.6 Å². The molecule has 0 aliphatic heterocycles. The van der Waals surface area contributed by atoms with Crippen LogP contribution in [0.5, 0.6) is 0 Å². The van der Waals surface area contributed by atoms with Gasteiger partial charge in [0.15, 0.2) is 6.10 Å². The van der Waals surface area contributed by atoms with Crippen LogP contribution in [0.15, 0.2) is 158 Å². The molecule has 1 atom stereocenters. The number of hydrogen-bond donors (Lipinski definition) is 0. The van der Waals surface area contributed by atoms with E-state index in [4.69, 9.17) is 14.2 Å². The lowest BCUT2D eigenvalue weighted by Crippen LogP contribution is -2.30. The Balaban J connectivity index is 4.54. The molecular weight excluding hydrogens is 925 g/mol. The minimum absolute atomic E-state index is 0.109. The number of rotatable bonds is 52. The Bertz CT molecular complexity index is 1710. The quantitative estimate of drug-likeness (QED) is 0.0261. The smallest absolute Gasteiger partial charge is 0.306 e. The Kier molecular flexibility index (Phi) is 57.5. The van der Waals surface area contributed by atoms with E-state index in [-0.39, 0.29) is 31.1 Å². The molecule has 0 rings (SSSR count). The van der Waals surface area contributed by atoms with Gasteiger partial charge in [0.25, 0.3) is 0 Å². The zero-order valence-electron chi connectivity index (χ0n) is 48.0. The molecule has 0 radical (unpaired) electrons. The van der Waals surface area contributed by atoms with Gasteiger partial charge in [0.2, 0.25) is 0 Å². The van der Waals surface area contributed by atoms with Crippen LogP contribution in [0.1, 0.15) is 239 Å². The SMILES string of the molecule is CC/C=C\C/C=C\C/C=C\C/C=C\C/C=C\CCCCCC(=O)OCC(COC(=O)CCCCCCCC/C=C\C/C=C\C/C=C\C/C=C\CC)OC(=O)CCCCCCCC/C=C\C/C=C\C/C=C\C/C=C\CC. The van der Waals surface area contributed by atoms with Gasteiger partial charge in [0, 0.05) is 19.3 Å². The van der Waals surface area contributed by atoms with Gasteiger partial charge in [-0.3, -0.25) is 14.4 Å². The molecule has 0 heterocycles. The third kappa shape index (κ3) is 59.8. The first-order chi connectivity index (χ1) is 37.0. The van der Waals surface area contributed by atoms with Crippen molar-refractivity contribution in [2.45, 2.75) is 245 Å². The van der Waals surface area contributed by atoms with E-state index in [1.807, 2.05) is 0 Å². The zero-order valence-corrected chi connectivity index (χ0v) is 48.0. The topological polar surface area (TPSA) is 78.9 Å². The summed E-state index contributed by atoms with van der Waals surface area (Å²) in [4.78, 5) is 38.3. The van der Waals surface area contributed by atoms with Gasteiger partial charge in [-0.05, 0) is 141 Å². The van der Waals surface area contributed by atoms with Crippen molar-refractivity contribution in [2.75, 3.05) is 13.2 Å². The molecule has 6 heteroatoms. The minimum atomic E-state index is -0.815. The second kappa shape index (κ2) is 61.6. The fourth-order valence-electron chi connectivity index (χ4n) is 7.63. The van der Waals surface area contributed by atoms with Crippen molar-refractivity contribution >= 4 is 17.9 Å². The van der Waals surface area contributed by atoms with E-state index in [9.17, 15) is 14.4 Å². The second-order valence-corrected chi connectivity index (χ2v) is 19.1. The molecule has 75 heavy (non-hydrogen) atoms. The van der Waals surface area contributed by atoms with Crippen LogP contribution in [0, 0.1) is 0 Å². The van der Waals surface area contributed by atoms with Crippen LogP contribution in [0.2, 0.25) is 0 Å². The fraction of sp³-hybridized carbons (Fsp3) is 0.580. The first-order valence-corrected chi connectivity index (χ1v) is 30.0. The van der Waals surface area contributed by atoms with Crippen molar-refractivity contribution < 1.29 is 28.6 Å². The van der Waals surface area contributed by atoms with Crippen LogP contribution in [0.4, 0.5) is 0 Å². The maximum atomic E-state index is 12.9. The number of hydrogen-bond acceptors (Lipinski definition) is 6. The third-order valence-electron chi connectivity index (χ3n) is 12.0. The summed E-state index contributed by atoms with van der Waals surface area (Å²) in [6.45, 7) is 6.24. The predicted molar refractivity (Wildman–Crippen MR) is 325 cm³/mol. The molecule has 0 fully saturated rings. The van der Waals surface area contributed by atoms with E-state index >= 15 is 0 Å². The van der Waals surface area contributed by atoms with E-state index in [2.05, 4.69) is 179 Å². The Morgan fingerprint density at radius 1 is 0.267 bits per heavy atom. The van der Waals surface area contributed by atoms with Crippen molar-refractivity contribution in [1.82, 2.24) is 0 Å². The van der Waals surface area contributed by atoms with Crippen molar-refractivity contribution in [3.8, 4) is 0 Å². The third-order valence-corrected chi connectivity index (χ3v) is 12.0. The average Bonchev–Trinajstić information content (AvgIpc) is 3.41. The van der Waals surface area contributed by atoms with Crippen molar-refractivity contribution in [3.63, 3.8) is 0 Å². The number of carbonyl (C=O) groups is 3. The Morgan fingerprint density at radius 2 is 0.480 bits per heavy atom. The molecule has 0 spiro atoms. The highest BCUT2D eigenvalue weighted by Crippen LogP contribution is 2.13. The van der Waals surface area contributed by atoms with Gasteiger partial charge in [0.1, 0.15) is 13.2 Å². The number of unbranched alkanes of at least 4 members (excludes halogenated alkanes) is 15. The molecule has 0 aromatic rings. The molecule has 0 aliphatic rings. The summed E-state index contributed by atoms with van der Waals surface area (Å²) in [5.74, 6) is -0.975. The lowest BCUT2D eigenvalue weighted by Gasteiger charge is -2.18. The second-order valence-electron chi connectivity index (χ2n) is 19.1. The normalized spacial score (nSPS) is 13.3. The van der Waals surface area contributed by atoms with Crippen LogP contribution in [0.25, 0.3) is 0 Å².